The first kappa shape index (κ1) is 24.0. The minimum atomic E-state index is -0.628. The Bertz CT molecular complexity index is 1110. The number of halogens is 1. The molecule has 1 aromatic heterocycles. The molecule has 33 heavy (non-hydrogen) atoms. The van der Waals surface area contributed by atoms with Crippen LogP contribution in [0.2, 0.25) is 5.02 Å². The fraction of sp³-hybridized carbons (Fsp3) is 0.217. The van der Waals surface area contributed by atoms with Gasteiger partial charge < -0.3 is 19.1 Å². The lowest BCUT2D eigenvalue weighted by Crippen LogP contribution is -2.31. The van der Waals surface area contributed by atoms with Crippen molar-refractivity contribution in [2.24, 2.45) is 0 Å². The van der Waals surface area contributed by atoms with Crippen molar-refractivity contribution < 1.29 is 23.9 Å². The predicted octanol–water partition coefficient (Wildman–Crippen LogP) is 4.52. The van der Waals surface area contributed by atoms with Gasteiger partial charge in [-0.3, -0.25) is 19.9 Å². The van der Waals surface area contributed by atoms with Crippen LogP contribution in [0.3, 0.4) is 0 Å². The van der Waals surface area contributed by atoms with Gasteiger partial charge in [0.1, 0.15) is 12.2 Å². The standard InChI is InChI=1S/C23H22ClN3O6/c1-31-11-12-33-22-14-20(27(29)30)19(13-21(22)32-2)23(28)26(15-17-5-3-4-10-25-17)18-8-6-16(24)7-9-18/h3-10,13-14H,11-12,15H2,1-2H3. The molecular formula is C23H22ClN3O6. The molecule has 0 unspecified atom stereocenters. The Morgan fingerprint density at radius 3 is 2.45 bits per heavy atom. The number of amides is 1. The Morgan fingerprint density at radius 2 is 1.85 bits per heavy atom. The van der Waals surface area contributed by atoms with Crippen molar-refractivity contribution in [3.63, 3.8) is 0 Å². The van der Waals surface area contributed by atoms with Crippen LogP contribution < -0.4 is 14.4 Å². The van der Waals surface area contributed by atoms with E-state index >= 15 is 0 Å². The first-order valence-corrected chi connectivity index (χ1v) is 10.3. The highest BCUT2D eigenvalue weighted by Crippen LogP contribution is 2.36. The molecule has 0 aliphatic rings. The Hall–Kier alpha value is -3.69. The number of pyridine rings is 1. The maximum Gasteiger partial charge on any atom is 0.286 e. The number of hydrogen-bond donors (Lipinski definition) is 0. The summed E-state index contributed by atoms with van der Waals surface area (Å²) < 4.78 is 15.8. The van der Waals surface area contributed by atoms with E-state index in [2.05, 4.69) is 4.98 Å². The summed E-state index contributed by atoms with van der Waals surface area (Å²) >= 11 is 6.00. The number of nitrogens with zero attached hydrogens (tertiary/aromatic N) is 3. The molecule has 2 aromatic carbocycles. The predicted molar refractivity (Wildman–Crippen MR) is 123 cm³/mol. The van der Waals surface area contributed by atoms with Gasteiger partial charge in [-0.05, 0) is 36.4 Å². The third-order valence-electron chi connectivity index (χ3n) is 4.68. The van der Waals surface area contributed by atoms with Crippen LogP contribution in [0.5, 0.6) is 11.5 Å². The number of carbonyl (C=O) groups is 1. The zero-order valence-electron chi connectivity index (χ0n) is 18.1. The first-order chi connectivity index (χ1) is 15.9. The first-order valence-electron chi connectivity index (χ1n) is 9.90. The van der Waals surface area contributed by atoms with E-state index < -0.39 is 16.5 Å². The second-order valence-corrected chi connectivity index (χ2v) is 7.24. The van der Waals surface area contributed by atoms with E-state index in [0.29, 0.717) is 16.4 Å². The molecule has 0 atom stereocenters. The van der Waals surface area contributed by atoms with Gasteiger partial charge in [0, 0.05) is 30.1 Å². The summed E-state index contributed by atoms with van der Waals surface area (Å²) in [7, 11) is 2.90. The van der Waals surface area contributed by atoms with Crippen molar-refractivity contribution in [2.45, 2.75) is 6.54 Å². The minimum absolute atomic E-state index is 0.0901. The third-order valence-corrected chi connectivity index (χ3v) is 4.94. The highest BCUT2D eigenvalue weighted by atomic mass is 35.5. The van der Waals surface area contributed by atoms with E-state index in [-0.39, 0.29) is 36.8 Å². The molecule has 0 fully saturated rings. The van der Waals surface area contributed by atoms with Gasteiger partial charge in [0.05, 0.1) is 36.9 Å². The molecule has 172 valence electrons. The fourth-order valence-corrected chi connectivity index (χ4v) is 3.21. The van der Waals surface area contributed by atoms with E-state index in [4.69, 9.17) is 25.8 Å². The van der Waals surface area contributed by atoms with Crippen molar-refractivity contribution in [1.29, 1.82) is 0 Å². The number of nitro groups is 1. The molecule has 3 aromatic rings. The number of methoxy groups -OCH3 is 2. The van der Waals surface area contributed by atoms with E-state index in [9.17, 15) is 14.9 Å². The monoisotopic (exact) mass is 471 g/mol. The minimum Gasteiger partial charge on any atom is -0.493 e. The molecule has 0 spiro atoms. The Balaban J connectivity index is 2.06. The maximum atomic E-state index is 13.6. The number of anilines is 1. The average molecular weight is 472 g/mol. The van der Waals surface area contributed by atoms with Crippen LogP contribution in [-0.2, 0) is 11.3 Å². The zero-order valence-corrected chi connectivity index (χ0v) is 18.8. The van der Waals surface area contributed by atoms with Gasteiger partial charge in [0.25, 0.3) is 11.6 Å². The molecule has 0 saturated carbocycles. The lowest BCUT2D eigenvalue weighted by atomic mass is 10.1. The van der Waals surface area contributed by atoms with Gasteiger partial charge in [-0.1, -0.05) is 17.7 Å². The normalized spacial score (nSPS) is 10.5. The molecule has 0 aliphatic carbocycles. The number of aromatic nitrogens is 1. The van der Waals surface area contributed by atoms with Crippen molar-refractivity contribution in [2.75, 3.05) is 32.3 Å². The zero-order chi connectivity index (χ0) is 23.8. The second kappa shape index (κ2) is 11.3. The topological polar surface area (TPSA) is 104 Å². The highest BCUT2D eigenvalue weighted by Gasteiger charge is 2.29. The number of carbonyl (C=O) groups excluding carboxylic acids is 1. The molecule has 0 N–H and O–H groups in total. The molecular weight excluding hydrogens is 450 g/mol. The van der Waals surface area contributed by atoms with Crippen molar-refractivity contribution in [3.05, 3.63) is 87.2 Å². The second-order valence-electron chi connectivity index (χ2n) is 6.81. The number of hydrogen-bond acceptors (Lipinski definition) is 7. The summed E-state index contributed by atoms with van der Waals surface area (Å²) in [5.41, 5.74) is 0.550. The van der Waals surface area contributed by atoms with Crippen molar-refractivity contribution in [1.82, 2.24) is 4.98 Å². The summed E-state index contributed by atoms with van der Waals surface area (Å²) in [6.45, 7) is 0.535. The Labute approximate surface area is 195 Å². The molecule has 10 heteroatoms. The highest BCUT2D eigenvalue weighted by molar-refractivity contribution is 6.30. The van der Waals surface area contributed by atoms with Crippen LogP contribution in [0.4, 0.5) is 11.4 Å². The van der Waals surface area contributed by atoms with Gasteiger partial charge in [-0.2, -0.15) is 0 Å². The van der Waals surface area contributed by atoms with Crippen LogP contribution in [-0.4, -0.2) is 43.2 Å². The number of ether oxygens (including phenoxy) is 3. The summed E-state index contributed by atoms with van der Waals surface area (Å²) in [5, 5.41) is 12.3. The SMILES string of the molecule is COCCOc1cc([N+](=O)[O-])c(C(=O)N(Cc2ccccn2)c2ccc(Cl)cc2)cc1OC. The van der Waals surface area contributed by atoms with Crippen LogP contribution in [0.15, 0.2) is 60.8 Å². The van der Waals surface area contributed by atoms with Gasteiger partial charge in [-0.15, -0.1) is 0 Å². The maximum absolute atomic E-state index is 13.6. The smallest absolute Gasteiger partial charge is 0.286 e. The fourth-order valence-electron chi connectivity index (χ4n) is 3.08. The lowest BCUT2D eigenvalue weighted by molar-refractivity contribution is -0.385. The summed E-state index contributed by atoms with van der Waals surface area (Å²) in [6.07, 6.45) is 1.61. The van der Waals surface area contributed by atoms with Gasteiger partial charge >= 0.3 is 0 Å². The van der Waals surface area contributed by atoms with E-state index in [1.807, 2.05) is 0 Å². The number of benzene rings is 2. The van der Waals surface area contributed by atoms with E-state index in [1.54, 1.807) is 48.7 Å². The average Bonchev–Trinajstić information content (AvgIpc) is 2.83. The molecule has 0 radical (unpaired) electrons. The van der Waals surface area contributed by atoms with Crippen LogP contribution in [0.1, 0.15) is 16.1 Å². The van der Waals surface area contributed by atoms with Gasteiger partial charge in [0.2, 0.25) is 0 Å². The molecule has 1 amide bonds. The summed E-state index contributed by atoms with van der Waals surface area (Å²) in [6, 6.07) is 14.4. The molecule has 0 bridgehead atoms. The lowest BCUT2D eigenvalue weighted by Gasteiger charge is -2.23. The number of nitro benzene ring substituents is 1. The van der Waals surface area contributed by atoms with Gasteiger partial charge in [0.15, 0.2) is 11.5 Å². The molecule has 0 aliphatic heterocycles. The molecule has 0 saturated heterocycles. The molecule has 9 nitrogen and oxygen atoms in total. The number of rotatable bonds is 10. The summed E-state index contributed by atoms with van der Waals surface area (Å²) in [5.74, 6) is -0.272. The Morgan fingerprint density at radius 1 is 1.09 bits per heavy atom. The molecule has 3 rings (SSSR count). The Kier molecular flexibility index (Phi) is 8.17. The third kappa shape index (κ3) is 5.97. The van der Waals surface area contributed by atoms with Crippen LogP contribution >= 0.6 is 11.6 Å². The van der Waals surface area contributed by atoms with Crippen molar-refractivity contribution in [3.8, 4) is 11.5 Å². The van der Waals surface area contributed by atoms with Gasteiger partial charge in [-0.25, -0.2) is 0 Å². The molecule has 1 heterocycles. The van der Waals surface area contributed by atoms with Crippen LogP contribution in [0.25, 0.3) is 0 Å². The largest absolute Gasteiger partial charge is 0.493 e. The van der Waals surface area contributed by atoms with Crippen molar-refractivity contribution >= 4 is 28.9 Å². The quantitative estimate of drug-likeness (QED) is 0.243. The summed E-state index contributed by atoms with van der Waals surface area (Å²) in [4.78, 5) is 30.5. The van der Waals surface area contributed by atoms with E-state index in [0.717, 1.165) is 0 Å². The van der Waals surface area contributed by atoms with E-state index in [1.165, 1.54) is 31.3 Å². The van der Waals surface area contributed by atoms with Crippen LogP contribution in [0, 0.1) is 10.1 Å².